The number of aromatic nitrogens is 1. The Bertz CT molecular complexity index is 1960. The minimum absolute atomic E-state index is 0.159. The first-order valence-electron chi connectivity index (χ1n) is 14.2. The lowest BCUT2D eigenvalue weighted by atomic mass is 9.83. The number of carbonyl (C=O) groups excluding carboxylic acids is 4. The quantitative estimate of drug-likeness (QED) is 0.151. The monoisotopic (exact) mass is 685 g/mol. The van der Waals surface area contributed by atoms with E-state index < -0.39 is 75.4 Å². The van der Waals surface area contributed by atoms with E-state index in [4.69, 9.17) is 4.74 Å². The second-order valence-corrected chi connectivity index (χ2v) is 12.7. The molecular weight excluding hydrogens is 662 g/mol. The number of ether oxygens (including phenoxy) is 1. The van der Waals surface area contributed by atoms with Crippen molar-refractivity contribution < 1.29 is 41.5 Å². The van der Waals surface area contributed by atoms with Gasteiger partial charge in [-0.2, -0.15) is 13.2 Å². The van der Waals surface area contributed by atoms with Crippen molar-refractivity contribution in [2.45, 2.75) is 35.8 Å². The number of halogens is 4. The van der Waals surface area contributed by atoms with E-state index in [0.717, 1.165) is 44.7 Å². The van der Waals surface area contributed by atoms with Gasteiger partial charge in [-0.25, -0.2) is 14.1 Å². The average molecular weight is 686 g/mol. The molecule has 9 nitrogen and oxygen atoms in total. The van der Waals surface area contributed by atoms with Crippen LogP contribution in [0.4, 0.5) is 28.9 Å². The van der Waals surface area contributed by atoms with E-state index in [1.165, 1.54) is 60.7 Å². The number of hydrogen-bond donors (Lipinski definition) is 1. The molecule has 47 heavy (non-hydrogen) atoms. The molecule has 0 aliphatic carbocycles. The van der Waals surface area contributed by atoms with Crippen molar-refractivity contribution in [3.63, 3.8) is 0 Å². The second kappa shape index (κ2) is 12.4. The zero-order valence-electron chi connectivity index (χ0n) is 24.2. The molecule has 6 rings (SSSR count). The van der Waals surface area contributed by atoms with Crippen LogP contribution in [0.25, 0.3) is 0 Å². The Morgan fingerprint density at radius 2 is 1.62 bits per heavy atom. The van der Waals surface area contributed by atoms with Crippen molar-refractivity contribution >= 4 is 58.2 Å². The summed E-state index contributed by atoms with van der Waals surface area (Å²) in [5, 5.41) is 1.36. The summed E-state index contributed by atoms with van der Waals surface area (Å²) in [5.74, 6) is -5.13. The van der Waals surface area contributed by atoms with E-state index in [1.807, 2.05) is 0 Å². The molecular formula is C32H23F4N3O6S2. The molecule has 0 bridgehead atoms. The number of carbonyl (C=O) groups is 4. The van der Waals surface area contributed by atoms with Crippen molar-refractivity contribution in [3.8, 4) is 0 Å². The number of nitrogens with one attached hydrogen (secondary N) is 1. The second-order valence-electron chi connectivity index (χ2n) is 10.6. The molecule has 1 saturated heterocycles. The topological polar surface area (TPSA) is 115 Å². The van der Waals surface area contributed by atoms with E-state index in [1.54, 1.807) is 6.92 Å². The van der Waals surface area contributed by atoms with Crippen LogP contribution in [-0.2, 0) is 31.8 Å². The minimum Gasteiger partial charge on any atom is -0.462 e. The number of fused-ring (bicyclic) bond motifs is 2. The first-order chi connectivity index (χ1) is 22.4. The molecule has 3 atom stereocenters. The van der Waals surface area contributed by atoms with Gasteiger partial charge in [-0.05, 0) is 61.0 Å². The number of esters is 1. The van der Waals surface area contributed by atoms with Crippen LogP contribution in [0.1, 0.15) is 39.2 Å². The zero-order valence-corrected chi connectivity index (χ0v) is 25.9. The Kier molecular flexibility index (Phi) is 8.53. The van der Waals surface area contributed by atoms with Crippen LogP contribution in [-0.4, -0.2) is 40.1 Å². The van der Waals surface area contributed by atoms with Crippen LogP contribution in [0.15, 0.2) is 82.6 Å². The maximum Gasteiger partial charge on any atom is 0.418 e. The van der Waals surface area contributed by atoms with Gasteiger partial charge >= 0.3 is 17.0 Å². The molecule has 2 aliphatic rings. The van der Waals surface area contributed by atoms with Crippen LogP contribution >= 0.6 is 23.1 Å². The SMILES string of the molecule is CCOC(=O)c1ccc(N2C(=O)[C@H]3[C@H](c4ccc(F)cc4)c4sc(=O)n(CC(=O)Nc5ccccc5C(F)(F)F)c4S[C@H]3C2=O)cc1. The number of hydrogen-bond acceptors (Lipinski definition) is 8. The zero-order chi connectivity index (χ0) is 33.6. The number of alkyl halides is 3. The summed E-state index contributed by atoms with van der Waals surface area (Å²) < 4.78 is 60.5. The molecule has 0 radical (unpaired) electrons. The summed E-state index contributed by atoms with van der Waals surface area (Å²) in [6.07, 6.45) is -4.74. The van der Waals surface area contributed by atoms with Gasteiger partial charge in [0.15, 0.2) is 0 Å². The summed E-state index contributed by atoms with van der Waals surface area (Å²) in [6, 6.07) is 15.4. The highest BCUT2D eigenvalue weighted by Gasteiger charge is 2.57. The number of thiazole rings is 1. The first-order valence-corrected chi connectivity index (χ1v) is 15.8. The molecule has 1 aromatic heterocycles. The summed E-state index contributed by atoms with van der Waals surface area (Å²) in [5.41, 5.74) is -0.690. The highest BCUT2D eigenvalue weighted by molar-refractivity contribution is 8.00. The summed E-state index contributed by atoms with van der Waals surface area (Å²) >= 11 is 1.65. The Balaban J connectivity index is 1.36. The highest BCUT2D eigenvalue weighted by Crippen LogP contribution is 2.54. The van der Waals surface area contributed by atoms with Gasteiger partial charge < -0.3 is 10.1 Å². The van der Waals surface area contributed by atoms with E-state index in [-0.39, 0.29) is 22.9 Å². The number of nitrogens with zero attached hydrogens (tertiary/aromatic N) is 2. The van der Waals surface area contributed by atoms with E-state index in [0.29, 0.717) is 10.4 Å². The highest BCUT2D eigenvalue weighted by atomic mass is 32.2. The van der Waals surface area contributed by atoms with Crippen LogP contribution in [0.3, 0.4) is 0 Å². The number of amides is 3. The van der Waals surface area contributed by atoms with Gasteiger partial charge in [0.1, 0.15) is 17.6 Å². The Hall–Kier alpha value is -4.76. The van der Waals surface area contributed by atoms with E-state index in [9.17, 15) is 41.5 Å². The molecule has 3 aromatic carbocycles. The number of anilines is 2. The fraction of sp³-hybridized carbons (Fsp3) is 0.219. The normalized spacial score (nSPS) is 18.9. The van der Waals surface area contributed by atoms with Crippen LogP contribution < -0.4 is 15.1 Å². The lowest BCUT2D eigenvalue weighted by Gasteiger charge is -2.30. The lowest BCUT2D eigenvalue weighted by Crippen LogP contribution is -2.33. The number of benzene rings is 3. The largest absolute Gasteiger partial charge is 0.462 e. The van der Waals surface area contributed by atoms with Crippen molar-refractivity contribution in [1.82, 2.24) is 4.57 Å². The number of para-hydroxylation sites is 1. The van der Waals surface area contributed by atoms with Gasteiger partial charge in [0.25, 0.3) is 0 Å². The molecule has 1 fully saturated rings. The van der Waals surface area contributed by atoms with Gasteiger partial charge in [0.2, 0.25) is 17.7 Å². The van der Waals surface area contributed by atoms with Gasteiger partial charge in [-0.3, -0.25) is 23.7 Å². The molecule has 2 aliphatic heterocycles. The molecule has 1 N–H and O–H groups in total. The van der Waals surface area contributed by atoms with Crippen molar-refractivity contribution in [3.05, 3.63) is 110 Å². The fourth-order valence-corrected chi connectivity index (χ4v) is 8.45. The third kappa shape index (κ3) is 5.96. The molecule has 242 valence electrons. The molecule has 0 unspecified atom stereocenters. The predicted molar refractivity (Wildman–Crippen MR) is 165 cm³/mol. The first kappa shape index (κ1) is 32.2. The van der Waals surface area contributed by atoms with Crippen molar-refractivity contribution in [1.29, 1.82) is 0 Å². The number of rotatable bonds is 7. The maximum atomic E-state index is 14.0. The average Bonchev–Trinajstić information content (AvgIpc) is 3.47. The van der Waals surface area contributed by atoms with E-state index in [2.05, 4.69) is 5.32 Å². The van der Waals surface area contributed by atoms with Gasteiger partial charge in [0, 0.05) is 10.8 Å². The Morgan fingerprint density at radius 1 is 0.936 bits per heavy atom. The van der Waals surface area contributed by atoms with E-state index >= 15 is 0 Å². The Morgan fingerprint density at radius 3 is 2.28 bits per heavy atom. The molecule has 0 spiro atoms. The molecule has 3 heterocycles. The summed E-state index contributed by atoms with van der Waals surface area (Å²) in [7, 11) is 0. The molecule has 0 saturated carbocycles. The maximum absolute atomic E-state index is 14.0. The summed E-state index contributed by atoms with van der Waals surface area (Å²) in [6.45, 7) is 1.15. The van der Waals surface area contributed by atoms with Crippen molar-refractivity contribution in [2.24, 2.45) is 5.92 Å². The molecule has 3 amide bonds. The smallest absolute Gasteiger partial charge is 0.418 e. The predicted octanol–water partition coefficient (Wildman–Crippen LogP) is 5.68. The number of imide groups is 1. The van der Waals surface area contributed by atoms with Crippen LogP contribution in [0.5, 0.6) is 0 Å². The molecule has 15 heteroatoms. The minimum atomic E-state index is -4.74. The standard InChI is InChI=1S/C32H23F4N3O6S2/c1-2-45-30(43)17-9-13-19(14-10-17)39-27(41)24-23(16-7-11-18(33)12-8-16)26-29(46-25(24)28(39)42)38(31(44)47-26)15-22(40)37-21-6-4-3-5-20(21)32(34,35)36/h3-14,23-25H,2,15H2,1H3,(H,37,40)/t23-,24-,25+/m0/s1. The van der Waals surface area contributed by atoms with Crippen LogP contribution in [0, 0.1) is 11.7 Å². The molecule has 4 aromatic rings. The fourth-order valence-electron chi connectivity index (χ4n) is 5.67. The third-order valence-corrected chi connectivity index (χ3v) is 10.3. The lowest BCUT2D eigenvalue weighted by molar-refractivity contribution is -0.137. The summed E-state index contributed by atoms with van der Waals surface area (Å²) in [4.78, 5) is 67.1. The van der Waals surface area contributed by atoms with Gasteiger partial charge in [0.05, 0.1) is 40.1 Å². The van der Waals surface area contributed by atoms with Gasteiger partial charge in [-0.1, -0.05) is 47.4 Å². The third-order valence-electron chi connectivity index (χ3n) is 7.72. The van der Waals surface area contributed by atoms with Gasteiger partial charge in [-0.15, -0.1) is 0 Å². The van der Waals surface area contributed by atoms with Crippen LogP contribution in [0.2, 0.25) is 0 Å². The Labute approximate surface area is 272 Å². The number of thioether (sulfide) groups is 1. The van der Waals surface area contributed by atoms with Crippen molar-refractivity contribution in [2.75, 3.05) is 16.8 Å².